The van der Waals surface area contributed by atoms with E-state index in [1.54, 1.807) is 6.92 Å². The van der Waals surface area contributed by atoms with Gasteiger partial charge in [-0.25, -0.2) is 17.6 Å². The highest BCUT2D eigenvalue weighted by molar-refractivity contribution is 7.91. The predicted molar refractivity (Wildman–Crippen MR) is 122 cm³/mol. The average molecular weight is 526 g/mol. The summed E-state index contributed by atoms with van der Waals surface area (Å²) in [6.45, 7) is 1.58. The zero-order chi connectivity index (χ0) is 24.8. The zero-order valence-electron chi connectivity index (χ0n) is 17.1. The third-order valence-corrected chi connectivity index (χ3v) is 7.33. The van der Waals surface area contributed by atoms with Crippen LogP contribution in [0.2, 0.25) is 10.0 Å². The molecule has 0 radical (unpaired) electrons. The zero-order valence-corrected chi connectivity index (χ0v) is 19.4. The number of aromatic amines is 1. The van der Waals surface area contributed by atoms with Crippen LogP contribution >= 0.6 is 23.2 Å². The van der Waals surface area contributed by atoms with Gasteiger partial charge in [-0.1, -0.05) is 23.2 Å². The molecular weight excluding hydrogens is 512 g/mol. The van der Waals surface area contributed by atoms with Crippen LogP contribution in [0.3, 0.4) is 0 Å². The van der Waals surface area contributed by atoms with E-state index in [0.717, 1.165) is 36.4 Å². The maximum absolute atomic E-state index is 13.2. The van der Waals surface area contributed by atoms with Gasteiger partial charge in [0.05, 0.1) is 20.5 Å². The van der Waals surface area contributed by atoms with Crippen molar-refractivity contribution in [3.63, 3.8) is 0 Å². The number of hydrogen-bond donors (Lipinski definition) is 3. The first-order valence-corrected chi connectivity index (χ1v) is 11.7. The Morgan fingerprint density at radius 2 is 1.76 bits per heavy atom. The first-order chi connectivity index (χ1) is 16.0. The van der Waals surface area contributed by atoms with E-state index in [1.165, 1.54) is 12.1 Å². The number of carbonyl (C=O) groups is 1. The summed E-state index contributed by atoms with van der Waals surface area (Å²) in [6, 6.07) is 9.06. The number of phenols is 1. The molecule has 0 aliphatic rings. The number of phenolic OH excluding ortho intramolecular Hbond substituents is 1. The highest BCUT2D eigenvalue weighted by atomic mass is 35.5. The Kier molecular flexibility index (Phi) is 6.07. The van der Waals surface area contributed by atoms with Crippen molar-refractivity contribution in [2.75, 3.05) is 0 Å². The quantitative estimate of drug-likeness (QED) is 0.206. The van der Waals surface area contributed by atoms with Gasteiger partial charge in [0, 0.05) is 17.0 Å². The second-order valence-electron chi connectivity index (χ2n) is 7.06. The largest absolute Gasteiger partial charge is 0.512 e. The van der Waals surface area contributed by atoms with Crippen LogP contribution in [0.4, 0.5) is 9.18 Å². The number of fused-ring (bicyclic) bond motifs is 1. The van der Waals surface area contributed by atoms with E-state index >= 15 is 0 Å². The summed E-state index contributed by atoms with van der Waals surface area (Å²) < 4.78 is 49.6. The number of sulfone groups is 1. The molecule has 34 heavy (non-hydrogen) atoms. The molecule has 4 rings (SSSR count). The number of halogens is 3. The SMILES string of the molecule is Cc1c(OC(=O)O)[nH]c2cc(Cl)c(Oc3ccc(O)c(S(=O)(=O)c4ccc(F)cc4)c3)c(Cl)c12. The number of nitrogens with one attached hydrogen (secondary N) is 1. The second kappa shape index (κ2) is 8.71. The lowest BCUT2D eigenvalue weighted by atomic mass is 10.2. The lowest BCUT2D eigenvalue weighted by Crippen LogP contribution is -2.03. The standard InChI is InChI=1S/C22H14Cl2FNO7S/c1-10-18-15(26-21(10)33-22(28)29)9-14(23)20(19(18)24)32-12-4-7-16(27)17(8-12)34(30,31)13-5-2-11(25)3-6-13/h2-9,26-27H,1H3,(H,28,29). The predicted octanol–water partition coefficient (Wildman–Crippen LogP) is 6.31. The number of rotatable bonds is 5. The molecule has 0 bridgehead atoms. The number of carboxylic acid groups (broad SMARTS) is 1. The van der Waals surface area contributed by atoms with E-state index in [2.05, 4.69) is 4.98 Å². The number of benzene rings is 3. The van der Waals surface area contributed by atoms with Crippen LogP contribution in [0.15, 0.2) is 58.3 Å². The van der Waals surface area contributed by atoms with Crippen LogP contribution in [-0.2, 0) is 9.84 Å². The van der Waals surface area contributed by atoms with Crippen molar-refractivity contribution in [2.45, 2.75) is 16.7 Å². The molecule has 0 aliphatic heterocycles. The number of ether oxygens (including phenoxy) is 2. The highest BCUT2D eigenvalue weighted by Crippen LogP contribution is 2.45. The van der Waals surface area contributed by atoms with Crippen molar-refractivity contribution >= 4 is 50.1 Å². The molecule has 1 aromatic heterocycles. The molecule has 0 fully saturated rings. The topological polar surface area (TPSA) is 126 Å². The van der Waals surface area contributed by atoms with Crippen LogP contribution < -0.4 is 9.47 Å². The number of aromatic nitrogens is 1. The minimum absolute atomic E-state index is 0.0168. The second-order valence-corrected chi connectivity index (χ2v) is 9.76. The normalized spacial score (nSPS) is 11.5. The summed E-state index contributed by atoms with van der Waals surface area (Å²) >= 11 is 12.8. The fourth-order valence-corrected chi connectivity index (χ4v) is 5.35. The minimum atomic E-state index is -4.21. The summed E-state index contributed by atoms with van der Waals surface area (Å²) in [5.74, 6) is -1.25. The first-order valence-electron chi connectivity index (χ1n) is 9.41. The van der Waals surface area contributed by atoms with E-state index in [9.17, 15) is 22.7 Å². The van der Waals surface area contributed by atoms with Gasteiger partial charge >= 0.3 is 6.16 Å². The first kappa shape index (κ1) is 23.7. The van der Waals surface area contributed by atoms with Gasteiger partial charge in [-0.15, -0.1) is 0 Å². The van der Waals surface area contributed by atoms with Crippen molar-refractivity contribution in [3.05, 3.63) is 70.0 Å². The minimum Gasteiger partial charge on any atom is -0.507 e. The van der Waals surface area contributed by atoms with Crippen molar-refractivity contribution in [1.82, 2.24) is 4.98 Å². The molecule has 1 heterocycles. The van der Waals surface area contributed by atoms with Crippen LogP contribution in [0.5, 0.6) is 23.1 Å². The van der Waals surface area contributed by atoms with E-state index in [0.29, 0.717) is 16.5 Å². The van der Waals surface area contributed by atoms with E-state index < -0.39 is 32.5 Å². The molecule has 176 valence electrons. The fraction of sp³-hybridized carbons (Fsp3) is 0.0455. The molecule has 4 aromatic rings. The molecule has 12 heteroatoms. The van der Waals surface area contributed by atoms with Gasteiger partial charge in [-0.2, -0.15) is 0 Å². The van der Waals surface area contributed by atoms with Crippen LogP contribution in [0.1, 0.15) is 5.56 Å². The Hall–Kier alpha value is -3.47. The third kappa shape index (κ3) is 4.23. The molecule has 3 aromatic carbocycles. The molecule has 0 saturated heterocycles. The van der Waals surface area contributed by atoms with Gasteiger partial charge in [0.1, 0.15) is 22.2 Å². The number of aromatic hydroxyl groups is 1. The molecule has 0 amide bonds. The lowest BCUT2D eigenvalue weighted by molar-refractivity contribution is 0.142. The van der Waals surface area contributed by atoms with Crippen LogP contribution in [0.25, 0.3) is 10.9 Å². The molecule has 0 unspecified atom stereocenters. The molecule has 0 spiro atoms. The van der Waals surface area contributed by atoms with Crippen LogP contribution in [-0.4, -0.2) is 29.8 Å². The van der Waals surface area contributed by atoms with Crippen molar-refractivity contribution < 1.29 is 37.3 Å². The average Bonchev–Trinajstić information content (AvgIpc) is 3.06. The van der Waals surface area contributed by atoms with Gasteiger partial charge in [0.15, 0.2) is 5.75 Å². The summed E-state index contributed by atoms with van der Waals surface area (Å²) in [7, 11) is -4.21. The van der Waals surface area contributed by atoms with Gasteiger partial charge in [-0.3, -0.25) is 0 Å². The smallest absolute Gasteiger partial charge is 0.507 e. The highest BCUT2D eigenvalue weighted by Gasteiger charge is 2.24. The van der Waals surface area contributed by atoms with Gasteiger partial charge in [0.2, 0.25) is 15.7 Å². The maximum atomic E-state index is 13.2. The van der Waals surface area contributed by atoms with Gasteiger partial charge < -0.3 is 24.7 Å². The van der Waals surface area contributed by atoms with Gasteiger partial charge in [0.25, 0.3) is 0 Å². The van der Waals surface area contributed by atoms with E-state index in [-0.39, 0.29) is 32.3 Å². The fourth-order valence-electron chi connectivity index (χ4n) is 3.31. The number of H-pyrrole nitrogens is 1. The molecular formula is C22H14Cl2FNO7S. The Balaban J connectivity index is 1.78. The van der Waals surface area contributed by atoms with E-state index in [1.807, 2.05) is 0 Å². The number of hydrogen-bond acceptors (Lipinski definition) is 6. The third-order valence-electron chi connectivity index (χ3n) is 4.89. The van der Waals surface area contributed by atoms with Crippen molar-refractivity contribution in [3.8, 4) is 23.1 Å². The van der Waals surface area contributed by atoms with E-state index in [4.69, 9.17) is 37.8 Å². The Morgan fingerprint density at radius 1 is 1.09 bits per heavy atom. The van der Waals surface area contributed by atoms with Crippen molar-refractivity contribution in [1.29, 1.82) is 0 Å². The molecule has 0 saturated carbocycles. The summed E-state index contributed by atoms with van der Waals surface area (Å²) in [5.41, 5.74) is 0.774. The van der Waals surface area contributed by atoms with Crippen molar-refractivity contribution in [2.24, 2.45) is 0 Å². The molecule has 8 nitrogen and oxygen atoms in total. The van der Waals surface area contributed by atoms with Crippen LogP contribution in [0, 0.1) is 12.7 Å². The summed E-state index contributed by atoms with van der Waals surface area (Å²) in [6.07, 6.45) is -1.52. The Labute approximate surface area is 202 Å². The Bertz CT molecular complexity index is 1550. The van der Waals surface area contributed by atoms with Gasteiger partial charge in [-0.05, 0) is 49.4 Å². The lowest BCUT2D eigenvalue weighted by Gasteiger charge is -2.13. The molecule has 3 N–H and O–H groups in total. The Morgan fingerprint density at radius 3 is 2.41 bits per heavy atom. The summed E-state index contributed by atoms with van der Waals surface area (Å²) in [4.78, 5) is 13.0. The molecule has 0 aliphatic carbocycles. The maximum Gasteiger partial charge on any atom is 0.512 e. The number of aryl methyl sites for hydroxylation is 1. The monoisotopic (exact) mass is 525 g/mol. The molecule has 0 atom stereocenters. The summed E-state index contributed by atoms with van der Waals surface area (Å²) in [5, 5.41) is 19.5.